The first-order valence-corrected chi connectivity index (χ1v) is 14.2. The van der Waals surface area contributed by atoms with Crippen LogP contribution >= 0.6 is 39.0 Å². The van der Waals surface area contributed by atoms with Gasteiger partial charge < -0.3 is 14.8 Å². The van der Waals surface area contributed by atoms with Crippen LogP contribution in [0, 0.1) is 0 Å². The van der Waals surface area contributed by atoms with Crippen LogP contribution in [0.4, 0.5) is 0 Å². The van der Waals surface area contributed by atoms with Crippen molar-refractivity contribution in [2.45, 2.75) is 31.1 Å². The first-order chi connectivity index (χ1) is 18.0. The Kier molecular flexibility index (Phi) is 7.92. The van der Waals surface area contributed by atoms with Gasteiger partial charge in [0.05, 0.1) is 11.3 Å². The summed E-state index contributed by atoms with van der Waals surface area (Å²) in [5.41, 5.74) is 1.97. The van der Waals surface area contributed by atoms with E-state index in [1.807, 2.05) is 35.7 Å². The molecule has 0 radical (unpaired) electrons. The van der Waals surface area contributed by atoms with Crippen LogP contribution in [0.2, 0.25) is 0 Å². The molecule has 2 aromatic carbocycles. The Morgan fingerprint density at radius 2 is 1.92 bits per heavy atom. The van der Waals surface area contributed by atoms with Gasteiger partial charge in [0.1, 0.15) is 4.70 Å². The first kappa shape index (κ1) is 25.5. The lowest BCUT2D eigenvalue weighted by Crippen LogP contribution is -2.26. The van der Waals surface area contributed by atoms with E-state index in [0.717, 1.165) is 10.0 Å². The van der Waals surface area contributed by atoms with Crippen molar-refractivity contribution in [3.63, 3.8) is 0 Å². The van der Waals surface area contributed by atoms with Crippen LogP contribution in [0.15, 0.2) is 68.3 Å². The van der Waals surface area contributed by atoms with Crippen molar-refractivity contribution >= 4 is 60.9 Å². The molecule has 1 N–H and O–H groups in total. The summed E-state index contributed by atoms with van der Waals surface area (Å²) in [6.07, 6.45) is 0.709. The van der Waals surface area contributed by atoms with Crippen LogP contribution < -0.4 is 20.3 Å². The molecule has 1 amide bonds. The first-order valence-electron chi connectivity index (χ1n) is 11.5. The largest absolute Gasteiger partial charge is 0.454 e. The van der Waals surface area contributed by atoms with E-state index in [1.165, 1.54) is 23.1 Å². The third-order valence-corrected chi connectivity index (χ3v) is 8.14. The Bertz CT molecular complexity index is 1520. The molecule has 11 heteroatoms. The monoisotopic (exact) mass is 599 g/mol. The van der Waals surface area contributed by atoms with E-state index in [2.05, 4.69) is 26.2 Å². The molecule has 4 aromatic rings. The number of benzene rings is 2. The maximum Gasteiger partial charge on any atom is 0.272 e. The number of aromatic nitrogens is 2. The highest BCUT2D eigenvalue weighted by atomic mass is 79.9. The summed E-state index contributed by atoms with van der Waals surface area (Å²) < 4.78 is 13.7. The van der Waals surface area contributed by atoms with E-state index in [0.29, 0.717) is 51.9 Å². The van der Waals surface area contributed by atoms with Crippen molar-refractivity contribution in [1.29, 1.82) is 0 Å². The predicted octanol–water partition coefficient (Wildman–Crippen LogP) is 5.02. The van der Waals surface area contributed by atoms with E-state index < -0.39 is 0 Å². The number of carbonyl (C=O) groups excluding carboxylic acids is 2. The summed E-state index contributed by atoms with van der Waals surface area (Å²) in [4.78, 5) is 42.9. The molecule has 0 atom stereocenters. The summed E-state index contributed by atoms with van der Waals surface area (Å²) in [5, 5.41) is 5.21. The molecule has 0 unspecified atom stereocenters. The highest BCUT2D eigenvalue weighted by Crippen LogP contribution is 2.32. The number of thiophene rings is 1. The number of ether oxygens (including phenoxy) is 2. The zero-order chi connectivity index (χ0) is 25.8. The SMILES string of the molecule is O=C(CCCn1c(SCC(=O)c2ccc(Br)cc2)nc2ccsc2c1=O)NCc1ccc2c(c1)OCO2. The minimum absolute atomic E-state index is 0.0494. The fraction of sp³-hybridized carbons (Fsp3) is 0.231. The van der Waals surface area contributed by atoms with E-state index in [4.69, 9.17) is 9.47 Å². The Hall–Kier alpha value is -3.15. The molecular weight excluding hydrogens is 578 g/mol. The highest BCUT2D eigenvalue weighted by Gasteiger charge is 2.16. The molecule has 0 bridgehead atoms. The van der Waals surface area contributed by atoms with Crippen molar-refractivity contribution in [2.75, 3.05) is 12.5 Å². The van der Waals surface area contributed by atoms with E-state index in [9.17, 15) is 14.4 Å². The third kappa shape index (κ3) is 6.06. The fourth-order valence-electron chi connectivity index (χ4n) is 3.82. The molecule has 0 saturated heterocycles. The van der Waals surface area contributed by atoms with Crippen molar-refractivity contribution in [3.05, 3.63) is 79.9 Å². The molecule has 37 heavy (non-hydrogen) atoms. The highest BCUT2D eigenvalue weighted by molar-refractivity contribution is 9.10. The molecule has 0 fully saturated rings. The number of nitrogens with one attached hydrogen (secondary N) is 1. The molecule has 190 valence electrons. The van der Waals surface area contributed by atoms with Crippen LogP contribution in [-0.2, 0) is 17.9 Å². The number of nitrogens with zero attached hydrogens (tertiary/aromatic N) is 2. The van der Waals surface area contributed by atoms with Crippen LogP contribution in [0.1, 0.15) is 28.8 Å². The third-order valence-electron chi connectivity index (χ3n) is 5.74. The standard InChI is InChI=1S/C26H22BrN3O5S2/c27-18-6-4-17(5-7-18)20(31)14-37-26-29-19-9-11-36-24(19)25(33)30(26)10-1-2-23(32)28-13-16-3-8-21-22(12-16)35-15-34-21/h3-9,11-12H,1-2,10,13-15H2,(H,28,32). The molecule has 0 spiro atoms. The second-order valence-electron chi connectivity index (χ2n) is 8.27. The minimum Gasteiger partial charge on any atom is -0.454 e. The van der Waals surface area contributed by atoms with E-state index >= 15 is 0 Å². The van der Waals surface area contributed by atoms with Crippen LogP contribution in [0.5, 0.6) is 11.5 Å². The average Bonchev–Trinajstić information content (AvgIpc) is 3.57. The average molecular weight is 601 g/mol. The molecule has 3 heterocycles. The zero-order valence-electron chi connectivity index (χ0n) is 19.6. The number of rotatable bonds is 10. The lowest BCUT2D eigenvalue weighted by Gasteiger charge is -2.12. The lowest BCUT2D eigenvalue weighted by atomic mass is 10.2. The number of ketones is 1. The summed E-state index contributed by atoms with van der Waals surface area (Å²) in [6.45, 7) is 0.901. The number of halogens is 1. The van der Waals surface area contributed by atoms with Gasteiger partial charge in [-0.3, -0.25) is 19.0 Å². The minimum atomic E-state index is -0.153. The maximum absolute atomic E-state index is 13.1. The maximum atomic E-state index is 13.1. The molecule has 1 aliphatic rings. The lowest BCUT2D eigenvalue weighted by molar-refractivity contribution is -0.121. The van der Waals surface area contributed by atoms with Gasteiger partial charge in [-0.1, -0.05) is 45.9 Å². The van der Waals surface area contributed by atoms with Crippen molar-refractivity contribution in [1.82, 2.24) is 14.9 Å². The number of carbonyl (C=O) groups is 2. The molecule has 8 nitrogen and oxygen atoms in total. The van der Waals surface area contributed by atoms with Crippen molar-refractivity contribution in [3.8, 4) is 11.5 Å². The van der Waals surface area contributed by atoms with Gasteiger partial charge in [-0.2, -0.15) is 0 Å². The molecule has 1 aliphatic heterocycles. The topological polar surface area (TPSA) is 99.5 Å². The second-order valence-corrected chi connectivity index (χ2v) is 11.0. The van der Waals surface area contributed by atoms with Crippen LogP contribution in [0.25, 0.3) is 10.2 Å². The Morgan fingerprint density at radius 3 is 2.76 bits per heavy atom. The van der Waals surface area contributed by atoms with E-state index in [1.54, 1.807) is 22.8 Å². The molecule has 5 rings (SSSR count). The van der Waals surface area contributed by atoms with Gasteiger partial charge in [-0.05, 0) is 47.7 Å². The molecule has 0 saturated carbocycles. The summed E-state index contributed by atoms with van der Waals surface area (Å²) in [7, 11) is 0. The Labute approximate surface area is 229 Å². The van der Waals surface area contributed by atoms with E-state index in [-0.39, 0.29) is 36.2 Å². The van der Waals surface area contributed by atoms with Gasteiger partial charge in [-0.15, -0.1) is 11.3 Å². The smallest absolute Gasteiger partial charge is 0.272 e. The Morgan fingerprint density at radius 1 is 1.11 bits per heavy atom. The second kappa shape index (κ2) is 11.5. The number of fused-ring (bicyclic) bond motifs is 2. The summed E-state index contributed by atoms with van der Waals surface area (Å²) in [6, 6.07) is 14.5. The zero-order valence-corrected chi connectivity index (χ0v) is 22.8. The Balaban J connectivity index is 1.21. The quantitative estimate of drug-likeness (QED) is 0.155. The number of hydrogen-bond acceptors (Lipinski definition) is 8. The van der Waals surface area contributed by atoms with Gasteiger partial charge in [-0.25, -0.2) is 4.98 Å². The molecule has 0 aliphatic carbocycles. The van der Waals surface area contributed by atoms with Crippen molar-refractivity contribution < 1.29 is 19.1 Å². The predicted molar refractivity (Wildman–Crippen MR) is 147 cm³/mol. The number of thioether (sulfide) groups is 1. The van der Waals surface area contributed by atoms with Crippen molar-refractivity contribution in [2.24, 2.45) is 0 Å². The summed E-state index contributed by atoms with van der Waals surface area (Å²) in [5.74, 6) is 1.36. The summed E-state index contributed by atoms with van der Waals surface area (Å²) >= 11 is 5.95. The number of Topliss-reactive ketones (excluding diaryl/α,β-unsaturated/α-hetero) is 1. The van der Waals surface area contributed by atoms with Gasteiger partial charge in [0.15, 0.2) is 22.4 Å². The van der Waals surface area contributed by atoms with Gasteiger partial charge in [0, 0.05) is 29.5 Å². The number of amides is 1. The molecular formula is C26H22BrN3O5S2. The number of hydrogen-bond donors (Lipinski definition) is 1. The van der Waals surface area contributed by atoms with Gasteiger partial charge >= 0.3 is 0 Å². The van der Waals surface area contributed by atoms with Gasteiger partial charge in [0.2, 0.25) is 12.7 Å². The molecule has 2 aromatic heterocycles. The van der Waals surface area contributed by atoms with Crippen LogP contribution in [0.3, 0.4) is 0 Å². The normalized spacial score (nSPS) is 12.1. The van der Waals surface area contributed by atoms with Crippen LogP contribution in [-0.4, -0.2) is 33.8 Å². The van der Waals surface area contributed by atoms with Gasteiger partial charge in [0.25, 0.3) is 5.56 Å². The fourth-order valence-corrected chi connectivity index (χ4v) is 5.78.